The SMILES string of the molecule is O=C(O)c1cn(-c2cc(OC(F)F)ccn2)c2c(Cl)c(N3CCNCC3)c(F)cc2c1=O. The number of carbonyl (C=O) groups is 1. The molecule has 1 aliphatic rings. The molecule has 168 valence electrons. The maximum Gasteiger partial charge on any atom is 0.387 e. The van der Waals surface area contributed by atoms with Gasteiger partial charge in [0, 0.05) is 44.6 Å². The number of benzene rings is 1. The van der Waals surface area contributed by atoms with Gasteiger partial charge in [0.25, 0.3) is 0 Å². The van der Waals surface area contributed by atoms with E-state index in [1.54, 1.807) is 4.90 Å². The van der Waals surface area contributed by atoms with Gasteiger partial charge in [0.15, 0.2) is 0 Å². The summed E-state index contributed by atoms with van der Waals surface area (Å²) in [5.41, 5.74) is -1.54. The fraction of sp³-hybridized carbons (Fsp3) is 0.250. The second kappa shape index (κ2) is 8.67. The van der Waals surface area contributed by atoms with Gasteiger partial charge in [-0.3, -0.25) is 9.36 Å². The van der Waals surface area contributed by atoms with Crippen molar-refractivity contribution in [3.63, 3.8) is 0 Å². The molecule has 12 heteroatoms. The number of hydrogen-bond acceptors (Lipinski definition) is 6. The third kappa shape index (κ3) is 3.96. The minimum absolute atomic E-state index is 0.00158. The molecule has 1 saturated heterocycles. The summed E-state index contributed by atoms with van der Waals surface area (Å²) in [6.45, 7) is -1.01. The second-order valence-corrected chi connectivity index (χ2v) is 7.31. The molecule has 4 rings (SSSR count). The number of nitrogens with zero attached hydrogens (tertiary/aromatic N) is 3. The fourth-order valence-corrected chi connectivity index (χ4v) is 4.03. The van der Waals surface area contributed by atoms with E-state index in [1.807, 2.05) is 0 Å². The molecule has 1 aliphatic heterocycles. The fourth-order valence-electron chi connectivity index (χ4n) is 3.62. The van der Waals surface area contributed by atoms with Crippen LogP contribution in [0.3, 0.4) is 0 Å². The van der Waals surface area contributed by atoms with Gasteiger partial charge in [0.2, 0.25) is 5.43 Å². The predicted octanol–water partition coefficient (Wildman–Crippen LogP) is 2.89. The molecule has 8 nitrogen and oxygen atoms in total. The minimum Gasteiger partial charge on any atom is -0.477 e. The number of aromatic nitrogens is 2. The first kappa shape index (κ1) is 21.9. The average Bonchev–Trinajstić information content (AvgIpc) is 2.74. The summed E-state index contributed by atoms with van der Waals surface area (Å²) in [6, 6.07) is 3.25. The van der Waals surface area contributed by atoms with Gasteiger partial charge >= 0.3 is 12.6 Å². The Labute approximate surface area is 183 Å². The molecule has 0 amide bonds. The largest absolute Gasteiger partial charge is 0.477 e. The Hall–Kier alpha value is -3.31. The van der Waals surface area contributed by atoms with Crippen molar-refractivity contribution < 1.29 is 27.8 Å². The normalized spacial score (nSPS) is 14.2. The number of halogens is 4. The first-order chi connectivity index (χ1) is 15.3. The number of hydrogen-bond donors (Lipinski definition) is 2. The standard InChI is InChI=1S/C20H16ClF3N4O4/c21-15-16-11(8-13(22)17(15)27-5-3-25-4-6-27)18(29)12(19(30)31)9-28(16)14-7-10(1-2-26-14)32-20(23)24/h1-2,7-9,20,25H,3-6H2,(H,30,31). The van der Waals surface area contributed by atoms with Gasteiger partial charge in [-0.2, -0.15) is 8.78 Å². The number of rotatable bonds is 5. The Morgan fingerprint density at radius 3 is 2.66 bits per heavy atom. The van der Waals surface area contributed by atoms with Crippen molar-refractivity contribution in [3.8, 4) is 11.6 Å². The number of aromatic carboxylic acids is 1. The second-order valence-electron chi connectivity index (χ2n) is 6.93. The van der Waals surface area contributed by atoms with Crippen molar-refractivity contribution in [3.05, 3.63) is 57.2 Å². The Morgan fingerprint density at radius 2 is 2.00 bits per heavy atom. The summed E-state index contributed by atoms with van der Waals surface area (Å²) < 4.78 is 45.9. The van der Waals surface area contributed by atoms with Crippen LogP contribution < -0.4 is 20.4 Å². The van der Waals surface area contributed by atoms with E-state index in [4.69, 9.17) is 11.6 Å². The van der Waals surface area contributed by atoms with Crippen molar-refractivity contribution in [2.75, 3.05) is 31.1 Å². The summed E-state index contributed by atoms with van der Waals surface area (Å²) in [5, 5.41) is 12.2. The van der Waals surface area contributed by atoms with Crippen LogP contribution >= 0.6 is 11.6 Å². The molecule has 0 saturated carbocycles. The van der Waals surface area contributed by atoms with E-state index in [2.05, 4.69) is 15.0 Å². The zero-order valence-corrected chi connectivity index (χ0v) is 17.1. The van der Waals surface area contributed by atoms with Crippen LogP contribution in [0.15, 0.2) is 35.4 Å². The minimum atomic E-state index is -3.09. The Kier molecular flexibility index (Phi) is 5.94. The Morgan fingerprint density at radius 1 is 1.28 bits per heavy atom. The smallest absolute Gasteiger partial charge is 0.387 e. The van der Waals surface area contributed by atoms with Crippen molar-refractivity contribution in [2.45, 2.75) is 6.61 Å². The first-order valence-corrected chi connectivity index (χ1v) is 9.83. The van der Waals surface area contributed by atoms with Crippen LogP contribution in [0.2, 0.25) is 5.02 Å². The van der Waals surface area contributed by atoms with Crippen molar-refractivity contribution in [1.82, 2.24) is 14.9 Å². The number of piperazine rings is 1. The van der Waals surface area contributed by atoms with E-state index >= 15 is 4.39 Å². The van der Waals surface area contributed by atoms with Crippen molar-refractivity contribution in [1.29, 1.82) is 0 Å². The Bertz CT molecular complexity index is 1260. The van der Waals surface area contributed by atoms with Crippen LogP contribution in [-0.2, 0) is 0 Å². The van der Waals surface area contributed by atoms with Crippen LogP contribution in [-0.4, -0.2) is 53.4 Å². The van der Waals surface area contributed by atoms with Gasteiger partial charge in [-0.1, -0.05) is 11.6 Å². The number of anilines is 1. The highest BCUT2D eigenvalue weighted by molar-refractivity contribution is 6.38. The molecule has 3 heterocycles. The highest BCUT2D eigenvalue weighted by Gasteiger charge is 2.25. The van der Waals surface area contributed by atoms with Crippen LogP contribution in [0.1, 0.15) is 10.4 Å². The molecule has 1 fully saturated rings. The number of pyridine rings is 2. The summed E-state index contributed by atoms with van der Waals surface area (Å²) in [6.07, 6.45) is 2.15. The van der Waals surface area contributed by atoms with Crippen LogP contribution in [0.5, 0.6) is 5.75 Å². The molecule has 2 N–H and O–H groups in total. The van der Waals surface area contributed by atoms with E-state index in [-0.39, 0.29) is 33.2 Å². The third-order valence-corrected chi connectivity index (χ3v) is 5.37. The molecule has 0 unspecified atom stereocenters. The number of carboxylic acids is 1. The zero-order chi connectivity index (χ0) is 23.0. The average molecular weight is 469 g/mol. The number of nitrogens with one attached hydrogen (secondary N) is 1. The summed E-state index contributed by atoms with van der Waals surface area (Å²) >= 11 is 6.58. The molecule has 32 heavy (non-hydrogen) atoms. The lowest BCUT2D eigenvalue weighted by atomic mass is 10.1. The van der Waals surface area contributed by atoms with Crippen LogP contribution in [0, 0.1) is 5.82 Å². The molecule has 0 spiro atoms. The topological polar surface area (TPSA) is 96.7 Å². The number of fused-ring (bicyclic) bond motifs is 1. The van der Waals surface area contributed by atoms with E-state index in [0.717, 1.165) is 22.9 Å². The van der Waals surface area contributed by atoms with Crippen molar-refractivity contribution >= 4 is 34.2 Å². The molecule has 0 aliphatic carbocycles. The lowest BCUT2D eigenvalue weighted by Gasteiger charge is -2.31. The van der Waals surface area contributed by atoms with E-state index in [9.17, 15) is 23.5 Å². The maximum absolute atomic E-state index is 15.1. The molecular formula is C20H16ClF3N4O4. The van der Waals surface area contributed by atoms with Gasteiger partial charge in [-0.25, -0.2) is 14.2 Å². The van der Waals surface area contributed by atoms with Crippen LogP contribution in [0.25, 0.3) is 16.7 Å². The molecule has 0 bridgehead atoms. The van der Waals surface area contributed by atoms with Gasteiger partial charge in [-0.05, 0) is 12.1 Å². The summed E-state index contributed by atoms with van der Waals surface area (Å²) in [4.78, 5) is 30.2. The van der Waals surface area contributed by atoms with E-state index in [1.165, 1.54) is 12.3 Å². The summed E-state index contributed by atoms with van der Waals surface area (Å²) in [5.74, 6) is -2.61. The zero-order valence-electron chi connectivity index (χ0n) is 16.3. The van der Waals surface area contributed by atoms with Crippen molar-refractivity contribution in [2.24, 2.45) is 0 Å². The van der Waals surface area contributed by atoms with Crippen LogP contribution in [0.4, 0.5) is 18.9 Å². The predicted molar refractivity (Wildman–Crippen MR) is 111 cm³/mol. The lowest BCUT2D eigenvalue weighted by Crippen LogP contribution is -2.44. The number of alkyl halides is 2. The highest BCUT2D eigenvalue weighted by atomic mass is 35.5. The monoisotopic (exact) mass is 468 g/mol. The molecular weight excluding hydrogens is 453 g/mol. The highest BCUT2D eigenvalue weighted by Crippen LogP contribution is 2.37. The summed E-state index contributed by atoms with van der Waals surface area (Å²) in [7, 11) is 0. The van der Waals surface area contributed by atoms with Gasteiger partial charge < -0.3 is 20.1 Å². The molecule has 0 radical (unpaired) electrons. The lowest BCUT2D eigenvalue weighted by molar-refractivity contribution is -0.0498. The number of carboxylic acid groups (broad SMARTS) is 1. The first-order valence-electron chi connectivity index (χ1n) is 9.45. The van der Waals surface area contributed by atoms with Gasteiger partial charge in [0.1, 0.15) is 22.9 Å². The van der Waals surface area contributed by atoms with E-state index < -0.39 is 29.4 Å². The van der Waals surface area contributed by atoms with Gasteiger partial charge in [-0.15, -0.1) is 0 Å². The molecule has 2 aromatic heterocycles. The number of ether oxygens (including phenoxy) is 1. The molecule has 0 atom stereocenters. The molecule has 1 aromatic carbocycles. The van der Waals surface area contributed by atoms with E-state index in [0.29, 0.717) is 26.2 Å². The Balaban J connectivity index is 2.03. The maximum atomic E-state index is 15.1. The molecule has 3 aromatic rings. The van der Waals surface area contributed by atoms with Gasteiger partial charge in [0.05, 0.1) is 21.6 Å². The third-order valence-electron chi connectivity index (χ3n) is 5.01. The quantitative estimate of drug-likeness (QED) is 0.594.